The Morgan fingerprint density at radius 1 is 1.50 bits per heavy atom. The van der Waals surface area contributed by atoms with E-state index in [1.54, 1.807) is 6.07 Å². The molecule has 0 radical (unpaired) electrons. The van der Waals surface area contributed by atoms with E-state index in [9.17, 15) is 9.59 Å². The first-order chi connectivity index (χ1) is 8.61. The smallest absolute Gasteiger partial charge is 0.265 e. The van der Waals surface area contributed by atoms with Crippen LogP contribution in [0.3, 0.4) is 0 Å². The predicted octanol–water partition coefficient (Wildman–Crippen LogP) is 0.857. The molecule has 0 atom stereocenters. The molecular formula is C13H16N2O3. The fourth-order valence-corrected chi connectivity index (χ4v) is 1.88. The lowest BCUT2D eigenvalue weighted by atomic mass is 10.1. The average molecular weight is 248 g/mol. The normalized spacial score (nSPS) is 13.9. The number of amides is 2. The van der Waals surface area contributed by atoms with Crippen molar-refractivity contribution in [1.29, 1.82) is 0 Å². The highest BCUT2D eigenvalue weighted by atomic mass is 16.5. The SMILES string of the molecule is CCNC(=O)CN1C(=O)COc2cc(C)ccc21. The predicted molar refractivity (Wildman–Crippen MR) is 67.7 cm³/mol. The number of hydrogen-bond donors (Lipinski definition) is 1. The van der Waals surface area contributed by atoms with Gasteiger partial charge in [0.2, 0.25) is 5.91 Å². The highest BCUT2D eigenvalue weighted by molar-refractivity contribution is 6.02. The largest absolute Gasteiger partial charge is 0.482 e. The Balaban J connectivity index is 2.25. The van der Waals surface area contributed by atoms with Crippen LogP contribution in [-0.4, -0.2) is 31.5 Å². The Morgan fingerprint density at radius 3 is 3.00 bits per heavy atom. The summed E-state index contributed by atoms with van der Waals surface area (Å²) >= 11 is 0. The van der Waals surface area contributed by atoms with Crippen LogP contribution in [0.25, 0.3) is 0 Å². The van der Waals surface area contributed by atoms with Gasteiger partial charge in [-0.3, -0.25) is 14.5 Å². The molecule has 5 heteroatoms. The van der Waals surface area contributed by atoms with Crippen LogP contribution < -0.4 is 15.0 Å². The molecule has 1 heterocycles. The molecule has 1 aromatic carbocycles. The van der Waals surface area contributed by atoms with Crippen LogP contribution in [0.4, 0.5) is 5.69 Å². The number of ether oxygens (including phenoxy) is 1. The monoisotopic (exact) mass is 248 g/mol. The van der Waals surface area contributed by atoms with E-state index in [4.69, 9.17) is 4.74 Å². The van der Waals surface area contributed by atoms with E-state index in [2.05, 4.69) is 5.32 Å². The second-order valence-electron chi connectivity index (χ2n) is 4.19. The van der Waals surface area contributed by atoms with Gasteiger partial charge in [-0.05, 0) is 31.5 Å². The number of anilines is 1. The number of aryl methyl sites for hydroxylation is 1. The van der Waals surface area contributed by atoms with Gasteiger partial charge in [-0.1, -0.05) is 6.07 Å². The fraction of sp³-hybridized carbons (Fsp3) is 0.385. The van der Waals surface area contributed by atoms with Crippen LogP contribution in [0.1, 0.15) is 12.5 Å². The Kier molecular flexibility index (Phi) is 3.50. The molecule has 1 aliphatic heterocycles. The third-order valence-electron chi connectivity index (χ3n) is 2.73. The van der Waals surface area contributed by atoms with Crippen LogP contribution in [0.5, 0.6) is 5.75 Å². The summed E-state index contributed by atoms with van der Waals surface area (Å²) in [5, 5.41) is 2.68. The van der Waals surface area contributed by atoms with Crippen molar-refractivity contribution in [3.63, 3.8) is 0 Å². The molecule has 2 amide bonds. The zero-order valence-corrected chi connectivity index (χ0v) is 10.5. The molecular weight excluding hydrogens is 232 g/mol. The number of benzene rings is 1. The third kappa shape index (κ3) is 2.45. The van der Waals surface area contributed by atoms with E-state index in [1.165, 1.54) is 4.90 Å². The number of nitrogens with zero attached hydrogens (tertiary/aromatic N) is 1. The van der Waals surface area contributed by atoms with Crippen LogP contribution in [0.2, 0.25) is 0 Å². The van der Waals surface area contributed by atoms with Crippen molar-refractivity contribution in [3.05, 3.63) is 23.8 Å². The molecule has 1 N–H and O–H groups in total. The molecule has 96 valence electrons. The second kappa shape index (κ2) is 5.08. The van der Waals surface area contributed by atoms with Crippen molar-refractivity contribution in [3.8, 4) is 5.75 Å². The number of likely N-dealkylation sites (N-methyl/N-ethyl adjacent to an activating group) is 1. The Labute approximate surface area is 106 Å². The van der Waals surface area contributed by atoms with Gasteiger partial charge in [0.05, 0.1) is 5.69 Å². The van der Waals surface area contributed by atoms with Crippen molar-refractivity contribution in [2.45, 2.75) is 13.8 Å². The highest BCUT2D eigenvalue weighted by Crippen LogP contribution is 2.32. The first kappa shape index (κ1) is 12.4. The number of nitrogens with one attached hydrogen (secondary N) is 1. The lowest BCUT2D eigenvalue weighted by Gasteiger charge is -2.29. The minimum absolute atomic E-state index is 0.0180. The molecule has 0 unspecified atom stereocenters. The van der Waals surface area contributed by atoms with Crippen molar-refractivity contribution in [1.82, 2.24) is 5.32 Å². The van der Waals surface area contributed by atoms with Gasteiger partial charge in [-0.25, -0.2) is 0 Å². The lowest BCUT2D eigenvalue weighted by Crippen LogP contribution is -2.45. The summed E-state index contributed by atoms with van der Waals surface area (Å²) in [5.41, 5.74) is 1.71. The summed E-state index contributed by atoms with van der Waals surface area (Å²) in [6.45, 7) is 4.37. The van der Waals surface area contributed by atoms with Crippen molar-refractivity contribution in [2.75, 3.05) is 24.6 Å². The Bertz CT molecular complexity index is 485. The lowest BCUT2D eigenvalue weighted by molar-refractivity contribution is -0.125. The maximum absolute atomic E-state index is 11.8. The van der Waals surface area contributed by atoms with Gasteiger partial charge in [-0.15, -0.1) is 0 Å². The quantitative estimate of drug-likeness (QED) is 0.863. The molecule has 0 aliphatic carbocycles. The van der Waals surface area contributed by atoms with Gasteiger partial charge >= 0.3 is 0 Å². The molecule has 0 fully saturated rings. The molecule has 0 spiro atoms. The zero-order chi connectivity index (χ0) is 13.1. The molecule has 2 rings (SSSR count). The number of hydrogen-bond acceptors (Lipinski definition) is 3. The topological polar surface area (TPSA) is 58.6 Å². The number of fused-ring (bicyclic) bond motifs is 1. The van der Waals surface area contributed by atoms with E-state index in [1.807, 2.05) is 26.0 Å². The van der Waals surface area contributed by atoms with Gasteiger partial charge in [0.25, 0.3) is 5.91 Å². The summed E-state index contributed by atoms with van der Waals surface area (Å²) in [7, 11) is 0. The van der Waals surface area contributed by atoms with E-state index in [0.717, 1.165) is 5.56 Å². The standard InChI is InChI=1S/C13H16N2O3/c1-3-14-12(16)7-15-10-5-4-9(2)6-11(10)18-8-13(15)17/h4-6H,3,7-8H2,1-2H3,(H,14,16). The van der Waals surface area contributed by atoms with Gasteiger partial charge in [0, 0.05) is 6.54 Å². The number of rotatable bonds is 3. The molecule has 0 aromatic heterocycles. The van der Waals surface area contributed by atoms with Gasteiger partial charge in [-0.2, -0.15) is 0 Å². The molecule has 1 aromatic rings. The Morgan fingerprint density at radius 2 is 2.28 bits per heavy atom. The summed E-state index contributed by atoms with van der Waals surface area (Å²) in [4.78, 5) is 24.9. The molecule has 18 heavy (non-hydrogen) atoms. The van der Waals surface area contributed by atoms with Crippen LogP contribution in [0.15, 0.2) is 18.2 Å². The van der Waals surface area contributed by atoms with Crippen molar-refractivity contribution in [2.24, 2.45) is 0 Å². The average Bonchev–Trinajstić information content (AvgIpc) is 2.33. The maximum atomic E-state index is 11.8. The molecule has 0 saturated heterocycles. The minimum Gasteiger partial charge on any atom is -0.482 e. The number of carbonyl (C=O) groups excluding carboxylic acids is 2. The van der Waals surface area contributed by atoms with Gasteiger partial charge < -0.3 is 10.1 Å². The zero-order valence-electron chi connectivity index (χ0n) is 10.5. The first-order valence-electron chi connectivity index (χ1n) is 5.92. The minimum atomic E-state index is -0.197. The second-order valence-corrected chi connectivity index (χ2v) is 4.19. The first-order valence-corrected chi connectivity index (χ1v) is 5.92. The summed E-state index contributed by atoms with van der Waals surface area (Å²) in [6.07, 6.45) is 0. The van der Waals surface area contributed by atoms with Gasteiger partial charge in [0.1, 0.15) is 12.3 Å². The fourth-order valence-electron chi connectivity index (χ4n) is 1.88. The van der Waals surface area contributed by atoms with E-state index >= 15 is 0 Å². The van der Waals surface area contributed by atoms with E-state index in [0.29, 0.717) is 18.0 Å². The van der Waals surface area contributed by atoms with Crippen LogP contribution in [-0.2, 0) is 9.59 Å². The highest BCUT2D eigenvalue weighted by Gasteiger charge is 2.26. The van der Waals surface area contributed by atoms with Crippen molar-refractivity contribution < 1.29 is 14.3 Å². The summed E-state index contributed by atoms with van der Waals surface area (Å²) in [5.74, 6) is 0.288. The summed E-state index contributed by atoms with van der Waals surface area (Å²) in [6, 6.07) is 5.57. The molecule has 1 aliphatic rings. The maximum Gasteiger partial charge on any atom is 0.265 e. The molecule has 5 nitrogen and oxygen atoms in total. The number of carbonyl (C=O) groups is 2. The molecule has 0 saturated carbocycles. The van der Waals surface area contributed by atoms with Crippen LogP contribution >= 0.6 is 0 Å². The van der Waals surface area contributed by atoms with Gasteiger partial charge in [0.15, 0.2) is 6.61 Å². The van der Waals surface area contributed by atoms with Crippen molar-refractivity contribution >= 4 is 17.5 Å². The summed E-state index contributed by atoms with van der Waals surface area (Å²) < 4.78 is 5.37. The van der Waals surface area contributed by atoms with Crippen LogP contribution in [0, 0.1) is 6.92 Å². The van der Waals surface area contributed by atoms with E-state index in [-0.39, 0.29) is 25.0 Å². The third-order valence-corrected chi connectivity index (χ3v) is 2.73. The Hall–Kier alpha value is -2.04. The van der Waals surface area contributed by atoms with E-state index < -0.39 is 0 Å². The molecule has 0 bridgehead atoms.